The van der Waals surface area contributed by atoms with Gasteiger partial charge >= 0.3 is 5.97 Å². The molecule has 3 nitrogen and oxygen atoms in total. The molecule has 0 spiro atoms. The average Bonchev–Trinajstić information content (AvgIpc) is 2.88. The molecular formula is C28H22ClO3P. The molecule has 0 N–H and O–H groups in total. The van der Waals surface area contributed by atoms with Crippen molar-refractivity contribution in [2.45, 2.75) is 0 Å². The summed E-state index contributed by atoms with van der Waals surface area (Å²) in [5, 5.41) is 3.32. The Morgan fingerprint density at radius 3 is 1.39 bits per heavy atom. The van der Waals surface area contributed by atoms with Gasteiger partial charge in [-0.2, -0.15) is 0 Å². The minimum absolute atomic E-state index is 0.121. The molecule has 0 fully saturated rings. The number of hydrogen-bond acceptors (Lipinski definition) is 3. The molecule has 33 heavy (non-hydrogen) atoms. The van der Waals surface area contributed by atoms with Crippen LogP contribution in [0, 0.1) is 0 Å². The number of ether oxygens (including phenoxy) is 1. The summed E-state index contributed by atoms with van der Waals surface area (Å²) < 4.78 is 5.25. The van der Waals surface area contributed by atoms with Gasteiger partial charge in [0.25, 0.3) is 0 Å². The van der Waals surface area contributed by atoms with E-state index in [1.165, 1.54) is 7.11 Å². The first-order chi connectivity index (χ1) is 16.1. The Morgan fingerprint density at radius 1 is 0.636 bits per heavy atom. The third-order valence-corrected chi connectivity index (χ3v) is 9.99. The smallest absolute Gasteiger partial charge is 0.342 e. The molecule has 0 aromatic heterocycles. The van der Waals surface area contributed by atoms with Gasteiger partial charge in [-0.3, -0.25) is 4.79 Å². The molecule has 5 heteroatoms. The number of methoxy groups -OCH3 is 1. The minimum Gasteiger partial charge on any atom is -0.465 e. The summed E-state index contributed by atoms with van der Waals surface area (Å²) in [6.07, 6.45) is 0. The Morgan fingerprint density at radius 2 is 1.03 bits per heavy atom. The summed E-state index contributed by atoms with van der Waals surface area (Å²) >= 11 is 6.06. The lowest BCUT2D eigenvalue weighted by atomic mass is 10.1. The Kier molecular flexibility index (Phi) is 6.93. The number of benzene rings is 4. The van der Waals surface area contributed by atoms with E-state index >= 15 is 0 Å². The lowest BCUT2D eigenvalue weighted by Gasteiger charge is -2.31. The van der Waals surface area contributed by atoms with Crippen molar-refractivity contribution in [1.29, 1.82) is 0 Å². The predicted molar refractivity (Wildman–Crippen MR) is 138 cm³/mol. The zero-order chi connectivity index (χ0) is 23.3. The highest BCUT2D eigenvalue weighted by Crippen LogP contribution is 2.47. The zero-order valence-corrected chi connectivity index (χ0v) is 19.7. The Bertz CT molecular complexity index is 1210. The van der Waals surface area contributed by atoms with Crippen LogP contribution in [-0.4, -0.2) is 24.2 Å². The number of Topliss-reactive ketones (excluding diaryl/α,β-unsaturated/α-hetero) is 1. The molecule has 0 saturated heterocycles. The Hall–Kier alpha value is -3.39. The van der Waals surface area contributed by atoms with Gasteiger partial charge in [0.15, 0.2) is 0 Å². The number of hydrogen-bond donors (Lipinski definition) is 0. The van der Waals surface area contributed by atoms with Crippen LogP contribution >= 0.6 is 18.5 Å². The standard InChI is InChI=1S/C28H22ClO3P/c1-32-28(31)27(26(30)21-17-19-22(29)20-18-21)33(23-11-5-2-6-12-23,24-13-7-3-8-14-24)25-15-9-4-10-16-25/h2-20H,1H3. The van der Waals surface area contributed by atoms with E-state index in [4.69, 9.17) is 16.3 Å². The minimum atomic E-state index is -2.91. The first-order valence-corrected chi connectivity index (χ1v) is 12.6. The van der Waals surface area contributed by atoms with Crippen LogP contribution in [0.2, 0.25) is 5.02 Å². The number of rotatable bonds is 6. The fourth-order valence-corrected chi connectivity index (χ4v) is 8.46. The van der Waals surface area contributed by atoms with Crippen LogP contribution in [0.3, 0.4) is 0 Å². The predicted octanol–water partition coefficient (Wildman–Crippen LogP) is 4.86. The van der Waals surface area contributed by atoms with Gasteiger partial charge in [0.1, 0.15) is 5.29 Å². The van der Waals surface area contributed by atoms with Gasteiger partial charge in [-0.1, -0.05) is 103 Å². The van der Waals surface area contributed by atoms with E-state index in [2.05, 4.69) is 0 Å². The van der Waals surface area contributed by atoms with Crippen molar-refractivity contribution >= 4 is 51.4 Å². The van der Waals surface area contributed by atoms with Crippen molar-refractivity contribution in [2.75, 3.05) is 7.11 Å². The maximum absolute atomic E-state index is 14.1. The first-order valence-electron chi connectivity index (χ1n) is 10.4. The second-order valence-corrected chi connectivity index (χ2v) is 11.1. The van der Waals surface area contributed by atoms with Gasteiger partial charge in [-0.05, 0) is 47.1 Å². The molecule has 0 aliphatic rings. The third kappa shape index (κ3) is 4.30. The first kappa shape index (κ1) is 22.8. The lowest BCUT2D eigenvalue weighted by Crippen LogP contribution is -2.38. The molecule has 0 radical (unpaired) electrons. The molecule has 0 amide bonds. The maximum Gasteiger partial charge on any atom is 0.342 e. The van der Waals surface area contributed by atoms with E-state index in [-0.39, 0.29) is 11.1 Å². The van der Waals surface area contributed by atoms with Crippen LogP contribution in [0.5, 0.6) is 0 Å². The summed E-state index contributed by atoms with van der Waals surface area (Å²) in [6.45, 7) is -2.91. The lowest BCUT2D eigenvalue weighted by molar-refractivity contribution is -0.132. The number of carbonyl (C=O) groups is 2. The molecule has 0 bridgehead atoms. The molecule has 0 unspecified atom stereocenters. The van der Waals surface area contributed by atoms with Gasteiger partial charge in [-0.15, -0.1) is 0 Å². The van der Waals surface area contributed by atoms with Crippen molar-refractivity contribution < 1.29 is 14.3 Å². The second kappa shape index (κ2) is 10.0. The second-order valence-electron chi connectivity index (χ2n) is 7.35. The van der Waals surface area contributed by atoms with Crippen LogP contribution in [-0.2, 0) is 9.53 Å². The number of ketones is 1. The summed E-state index contributed by atoms with van der Waals surface area (Å²) in [5.41, 5.74) is 0.381. The quantitative estimate of drug-likeness (QED) is 0.174. The van der Waals surface area contributed by atoms with E-state index in [0.29, 0.717) is 10.6 Å². The summed E-state index contributed by atoms with van der Waals surface area (Å²) in [5.74, 6) is -1.01. The molecule has 4 aromatic carbocycles. The molecule has 4 aromatic rings. The van der Waals surface area contributed by atoms with Gasteiger partial charge < -0.3 is 4.74 Å². The normalized spacial score (nSPS) is 11.0. The Balaban J connectivity index is 2.25. The third-order valence-electron chi connectivity index (χ3n) is 5.47. The van der Waals surface area contributed by atoms with Crippen LogP contribution in [0.15, 0.2) is 115 Å². The monoisotopic (exact) mass is 472 g/mol. The number of esters is 1. The molecule has 0 aliphatic heterocycles. The van der Waals surface area contributed by atoms with Crippen molar-refractivity contribution in [3.05, 3.63) is 126 Å². The van der Waals surface area contributed by atoms with E-state index < -0.39 is 12.9 Å². The highest BCUT2D eigenvalue weighted by molar-refractivity contribution is 7.97. The highest BCUT2D eigenvalue weighted by atomic mass is 35.5. The van der Waals surface area contributed by atoms with Gasteiger partial charge in [0.05, 0.1) is 7.11 Å². The SMILES string of the molecule is COC(=O)C(C(=O)c1ccc(Cl)cc1)=P(c1ccccc1)(c1ccccc1)c1ccccc1. The van der Waals surface area contributed by atoms with E-state index in [0.717, 1.165) is 15.9 Å². The number of halogens is 1. The molecule has 4 rings (SSSR count). The van der Waals surface area contributed by atoms with Crippen molar-refractivity contribution in [1.82, 2.24) is 0 Å². The van der Waals surface area contributed by atoms with Crippen LogP contribution in [0.25, 0.3) is 0 Å². The fraction of sp³-hybridized carbons (Fsp3) is 0.0357. The molecule has 0 aliphatic carbocycles. The van der Waals surface area contributed by atoms with Crippen molar-refractivity contribution in [2.24, 2.45) is 0 Å². The number of carbonyl (C=O) groups excluding carboxylic acids is 2. The van der Waals surface area contributed by atoms with Crippen LogP contribution < -0.4 is 15.9 Å². The fourth-order valence-electron chi connectivity index (χ4n) is 4.01. The molecular weight excluding hydrogens is 451 g/mol. The summed E-state index contributed by atoms with van der Waals surface area (Å²) in [4.78, 5) is 27.6. The average molecular weight is 473 g/mol. The van der Waals surface area contributed by atoms with Gasteiger partial charge in [0.2, 0.25) is 5.78 Å². The van der Waals surface area contributed by atoms with E-state index in [9.17, 15) is 9.59 Å². The zero-order valence-electron chi connectivity index (χ0n) is 18.0. The van der Waals surface area contributed by atoms with Crippen LogP contribution in [0.4, 0.5) is 0 Å². The van der Waals surface area contributed by atoms with Crippen molar-refractivity contribution in [3.63, 3.8) is 0 Å². The highest BCUT2D eigenvalue weighted by Gasteiger charge is 2.37. The van der Waals surface area contributed by atoms with Crippen LogP contribution in [0.1, 0.15) is 10.4 Å². The molecule has 164 valence electrons. The molecule has 0 heterocycles. The molecule has 0 saturated carbocycles. The van der Waals surface area contributed by atoms with Crippen molar-refractivity contribution in [3.8, 4) is 0 Å². The summed E-state index contributed by atoms with van der Waals surface area (Å²) in [6, 6.07) is 35.8. The topological polar surface area (TPSA) is 43.4 Å². The maximum atomic E-state index is 14.1. The largest absolute Gasteiger partial charge is 0.465 e. The van der Waals surface area contributed by atoms with E-state index in [1.807, 2.05) is 91.0 Å². The Labute approximate surface area is 198 Å². The van der Waals surface area contributed by atoms with Gasteiger partial charge in [-0.25, -0.2) is 4.79 Å². The summed E-state index contributed by atoms with van der Waals surface area (Å²) in [7, 11) is 1.31. The van der Waals surface area contributed by atoms with E-state index in [1.54, 1.807) is 24.3 Å². The molecule has 0 atom stereocenters. The van der Waals surface area contributed by atoms with Gasteiger partial charge in [0, 0.05) is 10.6 Å².